The number of rotatable bonds is 6. The van der Waals surface area contributed by atoms with Gasteiger partial charge in [0.05, 0.1) is 18.7 Å². The van der Waals surface area contributed by atoms with E-state index in [-0.39, 0.29) is 18.0 Å². The van der Waals surface area contributed by atoms with Gasteiger partial charge in [0, 0.05) is 24.8 Å². The fourth-order valence-corrected chi connectivity index (χ4v) is 3.27. The molecule has 0 saturated heterocycles. The third kappa shape index (κ3) is 4.26. The van der Waals surface area contributed by atoms with Gasteiger partial charge in [-0.3, -0.25) is 9.59 Å². The molecule has 0 fully saturated rings. The van der Waals surface area contributed by atoms with Gasteiger partial charge >= 0.3 is 0 Å². The largest absolute Gasteiger partial charge is 0.383 e. The molecular weight excluding hydrogens is 340 g/mol. The van der Waals surface area contributed by atoms with Gasteiger partial charge in [-0.15, -0.1) is 0 Å². The second kappa shape index (κ2) is 8.18. The zero-order chi connectivity index (χ0) is 19.4. The molecule has 1 amide bonds. The molecule has 1 aromatic heterocycles. The fraction of sp³-hybridized carbons (Fsp3) is 0.273. The lowest BCUT2D eigenvalue weighted by molar-refractivity contribution is 0.0680. The molecule has 0 bridgehead atoms. The quantitative estimate of drug-likeness (QED) is 0.729. The highest BCUT2D eigenvalue weighted by Crippen LogP contribution is 2.19. The van der Waals surface area contributed by atoms with Crippen molar-refractivity contribution in [3.63, 3.8) is 0 Å². The highest BCUT2D eigenvalue weighted by atomic mass is 16.5. The van der Waals surface area contributed by atoms with E-state index in [4.69, 9.17) is 4.74 Å². The highest BCUT2D eigenvalue weighted by molar-refractivity contribution is 5.94. The number of nitrogens with one attached hydrogen (secondary N) is 1. The first kappa shape index (κ1) is 18.9. The number of aryl methyl sites for hydroxylation is 2. The molecule has 5 heteroatoms. The Morgan fingerprint density at radius 1 is 1.11 bits per heavy atom. The molecule has 0 saturated carbocycles. The number of carbonyl (C=O) groups is 1. The predicted molar refractivity (Wildman–Crippen MR) is 107 cm³/mol. The summed E-state index contributed by atoms with van der Waals surface area (Å²) in [6.45, 7) is 5.06. The van der Waals surface area contributed by atoms with Crippen molar-refractivity contribution in [1.29, 1.82) is 0 Å². The lowest BCUT2D eigenvalue weighted by Crippen LogP contribution is -2.35. The Morgan fingerprint density at radius 2 is 1.85 bits per heavy atom. The monoisotopic (exact) mass is 364 g/mol. The highest BCUT2D eigenvalue weighted by Gasteiger charge is 2.18. The van der Waals surface area contributed by atoms with Crippen LogP contribution < -0.4 is 5.56 Å². The number of fused-ring (bicyclic) bond motifs is 1. The molecule has 1 N–H and O–H groups in total. The molecule has 0 atom stereocenters. The zero-order valence-corrected chi connectivity index (χ0v) is 15.9. The summed E-state index contributed by atoms with van der Waals surface area (Å²) in [5.74, 6) is -0.118. The molecule has 27 heavy (non-hydrogen) atoms. The average Bonchev–Trinajstić information content (AvgIpc) is 2.66. The third-order valence-electron chi connectivity index (χ3n) is 4.60. The van der Waals surface area contributed by atoms with Gasteiger partial charge in [0.2, 0.25) is 0 Å². The van der Waals surface area contributed by atoms with Crippen LogP contribution in [0.15, 0.2) is 53.3 Å². The Bertz CT molecular complexity index is 1010. The third-order valence-corrected chi connectivity index (χ3v) is 4.60. The molecule has 0 aliphatic heterocycles. The van der Waals surface area contributed by atoms with E-state index in [9.17, 15) is 9.59 Å². The van der Waals surface area contributed by atoms with E-state index < -0.39 is 0 Å². The second-order valence-corrected chi connectivity index (χ2v) is 6.76. The number of amides is 1. The summed E-state index contributed by atoms with van der Waals surface area (Å²) < 4.78 is 5.15. The molecule has 5 nitrogen and oxygen atoms in total. The molecule has 0 unspecified atom stereocenters. The lowest BCUT2D eigenvalue weighted by Gasteiger charge is -2.22. The van der Waals surface area contributed by atoms with Crippen molar-refractivity contribution < 1.29 is 9.53 Å². The Morgan fingerprint density at radius 3 is 2.56 bits per heavy atom. The molecule has 3 aromatic rings. The first-order valence-corrected chi connectivity index (χ1v) is 8.96. The van der Waals surface area contributed by atoms with E-state index in [1.807, 2.05) is 50.2 Å². The molecule has 0 aliphatic rings. The van der Waals surface area contributed by atoms with Crippen molar-refractivity contribution in [3.8, 4) is 0 Å². The van der Waals surface area contributed by atoms with Crippen LogP contribution in [0.25, 0.3) is 10.9 Å². The zero-order valence-electron chi connectivity index (χ0n) is 15.9. The maximum absolute atomic E-state index is 12.9. The van der Waals surface area contributed by atoms with Crippen LogP contribution >= 0.6 is 0 Å². The molecule has 0 radical (unpaired) electrons. The van der Waals surface area contributed by atoms with E-state index in [0.717, 1.165) is 22.0 Å². The van der Waals surface area contributed by atoms with Crippen LogP contribution in [0.1, 0.15) is 27.0 Å². The molecular formula is C22H24N2O3. The molecule has 3 rings (SSSR count). The van der Waals surface area contributed by atoms with Gasteiger partial charge in [0.1, 0.15) is 0 Å². The van der Waals surface area contributed by atoms with E-state index in [1.54, 1.807) is 24.1 Å². The number of carbonyl (C=O) groups excluding carboxylic acids is 1. The maximum Gasteiger partial charge on any atom is 0.254 e. The van der Waals surface area contributed by atoms with E-state index in [0.29, 0.717) is 24.3 Å². The smallest absolute Gasteiger partial charge is 0.254 e. The number of hydrogen-bond donors (Lipinski definition) is 1. The van der Waals surface area contributed by atoms with Crippen molar-refractivity contribution in [2.24, 2.45) is 0 Å². The van der Waals surface area contributed by atoms with Crippen molar-refractivity contribution in [2.45, 2.75) is 20.4 Å². The molecule has 2 aromatic carbocycles. The standard InChI is InChI=1S/C22H24N2O3/c1-15-11-16(2)20-18(12-15)13-19(21(25)23-20)14-24(9-10-27-3)22(26)17-7-5-4-6-8-17/h4-8,11-13H,9-10,14H2,1-3H3,(H,23,25). The Kier molecular flexibility index (Phi) is 5.72. The number of nitrogens with zero attached hydrogens (tertiary/aromatic N) is 1. The normalized spacial score (nSPS) is 10.9. The van der Waals surface area contributed by atoms with Crippen LogP contribution in [-0.2, 0) is 11.3 Å². The first-order chi connectivity index (χ1) is 13.0. The summed E-state index contributed by atoms with van der Waals surface area (Å²) in [7, 11) is 1.60. The predicted octanol–water partition coefficient (Wildman–Crippen LogP) is 3.43. The van der Waals surface area contributed by atoms with Crippen molar-refractivity contribution in [3.05, 3.63) is 81.1 Å². The second-order valence-electron chi connectivity index (χ2n) is 6.76. The SMILES string of the molecule is COCCN(Cc1cc2cc(C)cc(C)c2[nH]c1=O)C(=O)c1ccccc1. The summed E-state index contributed by atoms with van der Waals surface area (Å²) in [6, 6.07) is 15.1. The number of aromatic nitrogens is 1. The number of H-pyrrole nitrogens is 1. The summed E-state index contributed by atoms with van der Waals surface area (Å²) >= 11 is 0. The summed E-state index contributed by atoms with van der Waals surface area (Å²) in [4.78, 5) is 30.1. The van der Waals surface area contributed by atoms with Crippen LogP contribution in [0.2, 0.25) is 0 Å². The van der Waals surface area contributed by atoms with Gasteiger partial charge < -0.3 is 14.6 Å². The minimum atomic E-state index is -0.169. The molecule has 1 heterocycles. The van der Waals surface area contributed by atoms with Crippen LogP contribution in [0.4, 0.5) is 0 Å². The van der Waals surface area contributed by atoms with E-state index in [2.05, 4.69) is 4.98 Å². The van der Waals surface area contributed by atoms with Crippen LogP contribution in [0.3, 0.4) is 0 Å². The lowest BCUT2D eigenvalue weighted by atomic mass is 10.0. The topological polar surface area (TPSA) is 62.4 Å². The average molecular weight is 364 g/mol. The minimum absolute atomic E-state index is 0.118. The number of benzene rings is 2. The molecule has 0 aliphatic carbocycles. The van der Waals surface area contributed by atoms with Gasteiger partial charge in [-0.2, -0.15) is 0 Å². The van der Waals surface area contributed by atoms with Crippen LogP contribution in [0, 0.1) is 13.8 Å². The number of hydrogen-bond acceptors (Lipinski definition) is 3. The van der Waals surface area contributed by atoms with Crippen molar-refractivity contribution >= 4 is 16.8 Å². The Labute approximate surface area is 158 Å². The fourth-order valence-electron chi connectivity index (χ4n) is 3.27. The van der Waals surface area contributed by atoms with Crippen LogP contribution in [-0.4, -0.2) is 36.1 Å². The van der Waals surface area contributed by atoms with Crippen LogP contribution in [0.5, 0.6) is 0 Å². The first-order valence-electron chi connectivity index (χ1n) is 8.96. The van der Waals surface area contributed by atoms with Gasteiger partial charge in [-0.05, 0) is 49.1 Å². The van der Waals surface area contributed by atoms with Crippen molar-refractivity contribution in [2.75, 3.05) is 20.3 Å². The van der Waals surface area contributed by atoms with E-state index in [1.165, 1.54) is 0 Å². The number of methoxy groups -OCH3 is 1. The minimum Gasteiger partial charge on any atom is -0.383 e. The number of pyridine rings is 1. The van der Waals surface area contributed by atoms with Gasteiger partial charge in [0.15, 0.2) is 0 Å². The number of ether oxygens (including phenoxy) is 1. The van der Waals surface area contributed by atoms with E-state index >= 15 is 0 Å². The van der Waals surface area contributed by atoms with Gasteiger partial charge in [0.25, 0.3) is 11.5 Å². The Balaban J connectivity index is 1.97. The molecule has 140 valence electrons. The summed E-state index contributed by atoms with van der Waals surface area (Å²) in [5, 5.41) is 0.973. The number of aromatic amines is 1. The maximum atomic E-state index is 12.9. The van der Waals surface area contributed by atoms with Gasteiger partial charge in [-0.1, -0.05) is 29.8 Å². The summed E-state index contributed by atoms with van der Waals surface area (Å²) in [6.07, 6.45) is 0. The van der Waals surface area contributed by atoms with Gasteiger partial charge in [-0.25, -0.2) is 0 Å². The Hall–Kier alpha value is -2.92. The molecule has 0 spiro atoms. The summed E-state index contributed by atoms with van der Waals surface area (Å²) in [5.41, 5.74) is 4.00. The van der Waals surface area contributed by atoms with Crippen molar-refractivity contribution in [1.82, 2.24) is 9.88 Å².